The first-order chi connectivity index (χ1) is 10.2. The summed E-state index contributed by atoms with van der Waals surface area (Å²) >= 11 is 1.26. The Morgan fingerprint density at radius 1 is 1.33 bits per heavy atom. The Bertz CT molecular complexity index is 520. The van der Waals surface area contributed by atoms with Crippen molar-refractivity contribution in [3.63, 3.8) is 0 Å². The molecule has 4 N–H and O–H groups in total. The molecule has 2 rings (SSSR count). The number of urea groups is 1. The molecule has 1 aromatic carbocycles. The lowest BCUT2D eigenvalue weighted by atomic mass is 10.2. The van der Waals surface area contributed by atoms with Gasteiger partial charge in [0.25, 0.3) is 0 Å². The summed E-state index contributed by atoms with van der Waals surface area (Å²) < 4.78 is 0. The molecule has 1 aliphatic rings. The molecule has 112 valence electrons. The van der Waals surface area contributed by atoms with Crippen LogP contribution in [0.5, 0.6) is 0 Å². The second-order valence-electron chi connectivity index (χ2n) is 4.49. The van der Waals surface area contributed by atoms with Crippen molar-refractivity contribution in [3.8, 4) is 0 Å². The number of hydrogen-bond donors (Lipinski definition) is 4. The molecule has 0 bridgehead atoms. The van der Waals surface area contributed by atoms with Gasteiger partial charge in [-0.1, -0.05) is 11.8 Å². The van der Waals surface area contributed by atoms with E-state index < -0.39 is 0 Å². The van der Waals surface area contributed by atoms with Crippen LogP contribution in [-0.4, -0.2) is 36.0 Å². The van der Waals surface area contributed by atoms with Gasteiger partial charge < -0.3 is 16.0 Å². The number of carbonyl (C=O) groups excluding carboxylic acids is 2. The van der Waals surface area contributed by atoms with Crippen LogP contribution in [0.1, 0.15) is 6.42 Å². The van der Waals surface area contributed by atoms with Gasteiger partial charge in [-0.15, -0.1) is 0 Å². The van der Waals surface area contributed by atoms with Crippen LogP contribution < -0.4 is 16.0 Å². The number of benzene rings is 1. The molecule has 1 fully saturated rings. The number of carbonyl (C=O) groups is 2. The average Bonchev–Trinajstić information content (AvgIpc) is 2.89. The van der Waals surface area contributed by atoms with Crippen molar-refractivity contribution in [2.24, 2.45) is 5.11 Å². The molecule has 1 heterocycles. The molecule has 0 saturated carbocycles. The number of nitrogens with one attached hydrogen (secondary N) is 4. The van der Waals surface area contributed by atoms with Crippen LogP contribution >= 0.6 is 11.8 Å². The van der Waals surface area contributed by atoms with Gasteiger partial charge in [0, 0.05) is 24.5 Å². The fourth-order valence-corrected chi connectivity index (χ4v) is 2.81. The van der Waals surface area contributed by atoms with E-state index in [0.29, 0.717) is 25.2 Å². The molecule has 1 aliphatic heterocycles. The molecule has 0 aliphatic carbocycles. The highest BCUT2D eigenvalue weighted by atomic mass is 32.2. The summed E-state index contributed by atoms with van der Waals surface area (Å²) in [5.74, 6) is 0.770. The third-order valence-corrected chi connectivity index (χ3v) is 3.99. The molecular weight excluding hydrogens is 290 g/mol. The molecule has 21 heavy (non-hydrogen) atoms. The Labute approximate surface area is 126 Å². The molecule has 7 nitrogen and oxygen atoms in total. The molecule has 0 spiro atoms. The molecule has 1 aromatic rings. The zero-order valence-electron chi connectivity index (χ0n) is 11.4. The summed E-state index contributed by atoms with van der Waals surface area (Å²) in [6.07, 6.45) is 0.697. The molecular formula is C13H17N5O2S. The second kappa shape index (κ2) is 7.63. The number of nitrogens with zero attached hydrogens (tertiary/aromatic N) is 1. The maximum Gasteiger partial charge on any atom is 0.315 e. The first-order valence-corrected chi connectivity index (χ1v) is 7.60. The fraction of sp³-hybridized carbons (Fsp3) is 0.385. The van der Waals surface area contributed by atoms with Crippen LogP contribution in [-0.2, 0) is 4.79 Å². The van der Waals surface area contributed by atoms with Gasteiger partial charge in [0.15, 0.2) is 0 Å². The van der Waals surface area contributed by atoms with Crippen molar-refractivity contribution in [1.29, 1.82) is 5.53 Å². The highest BCUT2D eigenvalue weighted by molar-refractivity contribution is 8.14. The summed E-state index contributed by atoms with van der Waals surface area (Å²) in [5.41, 5.74) is 8.35. The van der Waals surface area contributed by atoms with E-state index in [0.717, 1.165) is 11.4 Å². The van der Waals surface area contributed by atoms with E-state index in [2.05, 4.69) is 21.1 Å². The lowest BCUT2D eigenvalue weighted by molar-refractivity contribution is -0.112. The molecule has 0 radical (unpaired) electrons. The zero-order valence-corrected chi connectivity index (χ0v) is 12.2. The summed E-state index contributed by atoms with van der Waals surface area (Å²) in [6, 6.07) is 6.44. The maximum absolute atomic E-state index is 11.6. The molecule has 1 saturated heterocycles. The fourth-order valence-electron chi connectivity index (χ4n) is 1.87. The van der Waals surface area contributed by atoms with Crippen molar-refractivity contribution in [1.82, 2.24) is 10.6 Å². The van der Waals surface area contributed by atoms with Gasteiger partial charge in [0.1, 0.15) is 6.04 Å². The predicted molar refractivity (Wildman–Crippen MR) is 82.1 cm³/mol. The number of thioether (sulfide) groups is 1. The third-order valence-electron chi connectivity index (χ3n) is 2.98. The summed E-state index contributed by atoms with van der Waals surface area (Å²) in [4.78, 5) is 23.0. The van der Waals surface area contributed by atoms with E-state index in [9.17, 15) is 9.59 Å². The van der Waals surface area contributed by atoms with E-state index in [4.69, 9.17) is 5.53 Å². The number of amides is 2. The van der Waals surface area contributed by atoms with Crippen molar-refractivity contribution in [2.75, 3.05) is 24.2 Å². The summed E-state index contributed by atoms with van der Waals surface area (Å²) in [5, 5.41) is 11.8. The monoisotopic (exact) mass is 307 g/mol. The number of rotatable bonds is 6. The molecule has 2 amide bonds. The quantitative estimate of drug-likeness (QED) is 0.477. The number of hydrogen-bond acceptors (Lipinski definition) is 6. The Morgan fingerprint density at radius 2 is 2.10 bits per heavy atom. The van der Waals surface area contributed by atoms with Gasteiger partial charge in [-0.3, -0.25) is 4.79 Å². The van der Waals surface area contributed by atoms with Crippen LogP contribution in [0.25, 0.3) is 0 Å². The lowest BCUT2D eigenvalue weighted by Crippen LogP contribution is -2.44. The van der Waals surface area contributed by atoms with Gasteiger partial charge in [-0.25, -0.2) is 10.3 Å². The summed E-state index contributed by atoms with van der Waals surface area (Å²) in [7, 11) is 0. The van der Waals surface area contributed by atoms with Crippen LogP contribution in [0.3, 0.4) is 0 Å². The average molecular weight is 307 g/mol. The number of anilines is 1. The van der Waals surface area contributed by atoms with E-state index in [-0.39, 0.29) is 17.2 Å². The van der Waals surface area contributed by atoms with E-state index >= 15 is 0 Å². The SMILES string of the molecule is N=Nc1ccc(NCCNC(=O)NC2CCSC2=O)cc1. The van der Waals surface area contributed by atoms with Crippen LogP contribution in [0, 0.1) is 5.53 Å². The highest BCUT2D eigenvalue weighted by Crippen LogP contribution is 2.19. The molecule has 1 atom stereocenters. The van der Waals surface area contributed by atoms with Gasteiger partial charge >= 0.3 is 6.03 Å². The van der Waals surface area contributed by atoms with Gasteiger partial charge in [0.05, 0.1) is 5.69 Å². The summed E-state index contributed by atoms with van der Waals surface area (Å²) in [6.45, 7) is 1.02. The second-order valence-corrected chi connectivity index (χ2v) is 5.59. The van der Waals surface area contributed by atoms with Gasteiger partial charge in [-0.05, 0) is 30.7 Å². The van der Waals surface area contributed by atoms with Crippen molar-refractivity contribution >= 4 is 34.3 Å². The zero-order chi connectivity index (χ0) is 15.1. The predicted octanol–water partition coefficient (Wildman–Crippen LogP) is 2.09. The Balaban J connectivity index is 1.63. The van der Waals surface area contributed by atoms with Gasteiger partial charge in [-0.2, -0.15) is 5.11 Å². The normalized spacial score (nSPS) is 17.3. The standard InChI is InChI=1S/C13H17N5O2S/c14-18-10-3-1-9(2-4-10)15-6-7-16-13(20)17-11-5-8-21-12(11)19/h1-4,11,14-15H,5-8H2,(H2,16,17,20). The van der Waals surface area contributed by atoms with E-state index in [1.165, 1.54) is 11.8 Å². The minimum atomic E-state index is -0.357. The van der Waals surface area contributed by atoms with Gasteiger partial charge in [0.2, 0.25) is 5.12 Å². The highest BCUT2D eigenvalue weighted by Gasteiger charge is 2.26. The van der Waals surface area contributed by atoms with Crippen LogP contribution in [0.2, 0.25) is 0 Å². The van der Waals surface area contributed by atoms with E-state index in [1.807, 2.05) is 12.1 Å². The third kappa shape index (κ3) is 4.75. The Morgan fingerprint density at radius 3 is 2.71 bits per heavy atom. The molecule has 1 unspecified atom stereocenters. The first-order valence-electron chi connectivity index (χ1n) is 6.61. The van der Waals surface area contributed by atoms with Crippen molar-refractivity contribution in [2.45, 2.75) is 12.5 Å². The largest absolute Gasteiger partial charge is 0.383 e. The van der Waals surface area contributed by atoms with Crippen LogP contribution in [0.4, 0.5) is 16.2 Å². The first kappa shape index (κ1) is 15.3. The topological polar surface area (TPSA) is 106 Å². The van der Waals surface area contributed by atoms with Crippen LogP contribution in [0.15, 0.2) is 29.4 Å². The maximum atomic E-state index is 11.6. The minimum absolute atomic E-state index is 0.0307. The Kier molecular flexibility index (Phi) is 5.56. The van der Waals surface area contributed by atoms with Crippen molar-refractivity contribution in [3.05, 3.63) is 24.3 Å². The Hall–Kier alpha value is -2.09. The molecule has 8 heteroatoms. The lowest BCUT2D eigenvalue weighted by Gasteiger charge is -2.12. The minimum Gasteiger partial charge on any atom is -0.383 e. The van der Waals surface area contributed by atoms with Crippen molar-refractivity contribution < 1.29 is 9.59 Å². The smallest absolute Gasteiger partial charge is 0.315 e. The van der Waals surface area contributed by atoms with E-state index in [1.54, 1.807) is 12.1 Å². The molecule has 0 aromatic heterocycles.